The highest BCUT2D eigenvalue weighted by Crippen LogP contribution is 2.49. The number of halogens is 6. The summed E-state index contributed by atoms with van der Waals surface area (Å²) in [6.45, 7) is 7.28. The lowest BCUT2D eigenvalue weighted by Crippen LogP contribution is -2.39. The van der Waals surface area contributed by atoms with E-state index in [2.05, 4.69) is 0 Å². The quantitative estimate of drug-likeness (QED) is 0.368. The Morgan fingerprint density at radius 1 is 0.976 bits per heavy atom. The molecule has 1 amide bonds. The smallest absolute Gasteiger partial charge is 0.416 e. The number of likely N-dealkylation sites (tertiary alicyclic amines) is 1. The SMILES string of the molecule is Cc1ccccc1[C@@H]1[C@@H](O[C@H](CO)c2cc(C(F)(F)F)cc(C(F)(F)F)c2)CCC2CN(C(=O)OC(C)(C)C)C[C@H]21. The number of hydrogen-bond donors (Lipinski definition) is 1. The van der Waals surface area contributed by atoms with Crippen LogP contribution in [0.5, 0.6) is 0 Å². The van der Waals surface area contributed by atoms with E-state index in [4.69, 9.17) is 9.47 Å². The molecule has 4 rings (SSSR count). The number of aliphatic hydroxyl groups excluding tert-OH is 1. The van der Waals surface area contributed by atoms with Crippen LogP contribution in [0.1, 0.15) is 73.5 Å². The third-order valence-corrected chi connectivity index (χ3v) is 7.86. The Morgan fingerprint density at radius 3 is 2.12 bits per heavy atom. The standard InChI is InChI=1S/C30H35F6NO4/c1-17-7-5-6-8-22(17)26-23-15-37(27(39)41-28(2,3)4)14-18(23)9-10-24(26)40-25(16-38)19-11-20(29(31,32)33)13-21(12-19)30(34,35)36/h5-8,11-13,18,23-26,38H,9-10,14-16H2,1-4H3/t18?,23-,24+,25-,26+/m1/s1. The Labute approximate surface area is 235 Å². The molecule has 2 aromatic carbocycles. The van der Waals surface area contributed by atoms with Crippen molar-refractivity contribution in [2.45, 2.75) is 76.6 Å². The molecule has 0 spiro atoms. The molecular formula is C30H35F6NO4. The average Bonchev–Trinajstić information content (AvgIpc) is 3.30. The van der Waals surface area contributed by atoms with Crippen LogP contribution < -0.4 is 0 Å². The lowest BCUT2D eigenvalue weighted by atomic mass is 9.68. The predicted octanol–water partition coefficient (Wildman–Crippen LogP) is 7.51. The Morgan fingerprint density at radius 2 is 1.59 bits per heavy atom. The summed E-state index contributed by atoms with van der Waals surface area (Å²) < 4.78 is 93.0. The highest BCUT2D eigenvalue weighted by Gasteiger charge is 2.48. The maximum Gasteiger partial charge on any atom is 0.416 e. The van der Waals surface area contributed by atoms with Crippen LogP contribution in [-0.4, -0.2) is 47.5 Å². The van der Waals surface area contributed by atoms with E-state index in [1.807, 2.05) is 31.2 Å². The number of carbonyl (C=O) groups excluding carboxylic acids is 1. The molecule has 1 N–H and O–H groups in total. The minimum Gasteiger partial charge on any atom is -0.444 e. The van der Waals surface area contributed by atoms with Crippen LogP contribution in [0.2, 0.25) is 0 Å². The number of nitrogens with zero attached hydrogens (tertiary/aromatic N) is 1. The normalized spacial score (nSPS) is 24.2. The second-order valence-electron chi connectivity index (χ2n) is 12.0. The summed E-state index contributed by atoms with van der Waals surface area (Å²) >= 11 is 0. The molecule has 1 aliphatic carbocycles. The van der Waals surface area contributed by atoms with Crippen molar-refractivity contribution >= 4 is 6.09 Å². The van der Waals surface area contributed by atoms with Crippen LogP contribution in [0.15, 0.2) is 42.5 Å². The van der Waals surface area contributed by atoms with E-state index in [0.29, 0.717) is 38.1 Å². The topological polar surface area (TPSA) is 59.0 Å². The fourth-order valence-electron chi connectivity index (χ4n) is 6.07. The van der Waals surface area contributed by atoms with Crippen LogP contribution in [0.4, 0.5) is 31.1 Å². The highest BCUT2D eigenvalue weighted by molar-refractivity contribution is 5.68. The molecule has 0 aromatic heterocycles. The number of fused-ring (bicyclic) bond motifs is 1. The van der Waals surface area contributed by atoms with Crippen molar-refractivity contribution in [2.75, 3.05) is 19.7 Å². The van der Waals surface area contributed by atoms with Gasteiger partial charge in [-0.25, -0.2) is 4.79 Å². The first-order valence-corrected chi connectivity index (χ1v) is 13.6. The minimum absolute atomic E-state index is 0.0586. The molecule has 2 fully saturated rings. The number of aryl methyl sites for hydroxylation is 1. The first-order chi connectivity index (χ1) is 19.0. The number of amides is 1. The molecule has 0 bridgehead atoms. The maximum absolute atomic E-state index is 13.5. The molecule has 1 aliphatic heterocycles. The van der Waals surface area contributed by atoms with E-state index in [1.165, 1.54) is 0 Å². The van der Waals surface area contributed by atoms with Crippen LogP contribution in [-0.2, 0) is 21.8 Å². The number of hydrogen-bond acceptors (Lipinski definition) is 4. The molecule has 226 valence electrons. The zero-order valence-corrected chi connectivity index (χ0v) is 23.4. The fraction of sp³-hybridized carbons (Fsp3) is 0.567. The third kappa shape index (κ3) is 7.17. The van der Waals surface area contributed by atoms with Crippen molar-refractivity contribution in [3.05, 3.63) is 70.3 Å². The van der Waals surface area contributed by atoms with Gasteiger partial charge in [-0.1, -0.05) is 24.3 Å². The van der Waals surface area contributed by atoms with Crippen LogP contribution in [0.25, 0.3) is 0 Å². The summed E-state index contributed by atoms with van der Waals surface area (Å²) in [4.78, 5) is 14.5. The summed E-state index contributed by atoms with van der Waals surface area (Å²) in [5, 5.41) is 10.2. The molecule has 1 saturated carbocycles. The Bertz CT molecular complexity index is 1210. The zero-order valence-electron chi connectivity index (χ0n) is 23.4. The summed E-state index contributed by atoms with van der Waals surface area (Å²) in [5.41, 5.74) is -2.14. The maximum atomic E-state index is 13.5. The number of ether oxygens (including phenoxy) is 2. The number of aliphatic hydroxyl groups is 1. The van der Waals surface area contributed by atoms with Crippen molar-refractivity contribution in [2.24, 2.45) is 11.8 Å². The Hall–Kier alpha value is -2.79. The van der Waals surface area contributed by atoms with Crippen molar-refractivity contribution < 1.29 is 45.7 Å². The third-order valence-electron chi connectivity index (χ3n) is 7.86. The van der Waals surface area contributed by atoms with E-state index >= 15 is 0 Å². The fourth-order valence-corrected chi connectivity index (χ4v) is 6.07. The molecule has 5 nitrogen and oxygen atoms in total. The van der Waals surface area contributed by atoms with E-state index < -0.39 is 59.6 Å². The Kier molecular flexibility index (Phi) is 8.72. The predicted molar refractivity (Wildman–Crippen MR) is 139 cm³/mol. The first-order valence-electron chi connectivity index (χ1n) is 13.6. The van der Waals surface area contributed by atoms with E-state index in [1.54, 1.807) is 25.7 Å². The molecule has 5 atom stereocenters. The van der Waals surface area contributed by atoms with Gasteiger partial charge in [-0.15, -0.1) is 0 Å². The molecule has 1 unspecified atom stereocenters. The summed E-state index contributed by atoms with van der Waals surface area (Å²) in [7, 11) is 0. The number of rotatable bonds is 5. The van der Waals surface area contributed by atoms with Gasteiger partial charge in [0.05, 0.1) is 23.8 Å². The second-order valence-corrected chi connectivity index (χ2v) is 12.0. The van der Waals surface area contributed by atoms with Crippen molar-refractivity contribution in [3.8, 4) is 0 Å². The molecule has 2 aliphatic rings. The molecule has 11 heteroatoms. The van der Waals surface area contributed by atoms with Gasteiger partial charge >= 0.3 is 18.4 Å². The lowest BCUT2D eigenvalue weighted by molar-refractivity contribution is -0.143. The van der Waals surface area contributed by atoms with Gasteiger partial charge < -0.3 is 19.5 Å². The molecule has 0 radical (unpaired) electrons. The van der Waals surface area contributed by atoms with Crippen LogP contribution in [0.3, 0.4) is 0 Å². The van der Waals surface area contributed by atoms with Gasteiger partial charge in [-0.05, 0) is 87.3 Å². The van der Waals surface area contributed by atoms with Gasteiger partial charge in [0.15, 0.2) is 0 Å². The van der Waals surface area contributed by atoms with Crippen LogP contribution >= 0.6 is 0 Å². The lowest BCUT2D eigenvalue weighted by Gasteiger charge is -2.41. The van der Waals surface area contributed by atoms with Gasteiger partial charge in [0.1, 0.15) is 11.7 Å². The van der Waals surface area contributed by atoms with Crippen LogP contribution in [0, 0.1) is 18.8 Å². The first kappa shape index (κ1) is 31.2. The average molecular weight is 588 g/mol. The molecular weight excluding hydrogens is 552 g/mol. The summed E-state index contributed by atoms with van der Waals surface area (Å²) in [6.07, 6.45) is -11.5. The van der Waals surface area contributed by atoms with Gasteiger partial charge in [-0.2, -0.15) is 26.3 Å². The van der Waals surface area contributed by atoms with Gasteiger partial charge in [0.2, 0.25) is 0 Å². The van der Waals surface area contributed by atoms with Crippen molar-refractivity contribution in [3.63, 3.8) is 0 Å². The van der Waals surface area contributed by atoms with E-state index in [9.17, 15) is 36.2 Å². The number of carbonyl (C=O) groups is 1. The highest BCUT2D eigenvalue weighted by atomic mass is 19.4. The van der Waals surface area contributed by atoms with Gasteiger partial charge in [-0.3, -0.25) is 0 Å². The van der Waals surface area contributed by atoms with Gasteiger partial charge in [0, 0.05) is 19.0 Å². The molecule has 2 aromatic rings. The monoisotopic (exact) mass is 587 g/mol. The summed E-state index contributed by atoms with van der Waals surface area (Å²) in [6, 6.07) is 8.83. The number of alkyl halides is 6. The van der Waals surface area contributed by atoms with E-state index in [-0.39, 0.29) is 23.8 Å². The molecule has 41 heavy (non-hydrogen) atoms. The molecule has 1 saturated heterocycles. The zero-order chi connectivity index (χ0) is 30.3. The minimum atomic E-state index is -5.02. The number of benzene rings is 2. The summed E-state index contributed by atoms with van der Waals surface area (Å²) in [5.74, 6) is -0.303. The Balaban J connectivity index is 1.68. The molecule has 1 heterocycles. The van der Waals surface area contributed by atoms with Crippen molar-refractivity contribution in [1.29, 1.82) is 0 Å². The largest absolute Gasteiger partial charge is 0.444 e. The van der Waals surface area contributed by atoms with E-state index in [0.717, 1.165) is 11.1 Å². The van der Waals surface area contributed by atoms with Crippen molar-refractivity contribution in [1.82, 2.24) is 4.90 Å². The second kappa shape index (κ2) is 11.5. The van der Waals surface area contributed by atoms with Gasteiger partial charge in [0.25, 0.3) is 0 Å².